The van der Waals surface area contributed by atoms with E-state index in [-0.39, 0.29) is 16.7 Å². The second-order valence-corrected chi connectivity index (χ2v) is 7.83. The number of aromatic nitrogens is 3. The van der Waals surface area contributed by atoms with Gasteiger partial charge in [-0.3, -0.25) is 18.8 Å². The van der Waals surface area contributed by atoms with Crippen LogP contribution in [0.25, 0.3) is 22.3 Å². The maximum atomic E-state index is 13.9. The number of halogens is 3. The average molecular weight is 454 g/mol. The van der Waals surface area contributed by atoms with Crippen LogP contribution in [0.1, 0.15) is 16.7 Å². The van der Waals surface area contributed by atoms with E-state index < -0.39 is 29.8 Å². The fourth-order valence-corrected chi connectivity index (χ4v) is 3.96. The average Bonchev–Trinajstić information content (AvgIpc) is 3.09. The van der Waals surface area contributed by atoms with Crippen molar-refractivity contribution in [3.05, 3.63) is 81.6 Å². The van der Waals surface area contributed by atoms with Crippen molar-refractivity contribution in [1.82, 2.24) is 14.3 Å². The second-order valence-electron chi connectivity index (χ2n) is 7.83. The highest BCUT2D eigenvalue weighted by Gasteiger charge is 2.37. The first-order valence-electron chi connectivity index (χ1n) is 10.2. The zero-order chi connectivity index (χ0) is 23.9. The molecule has 0 aliphatic heterocycles. The van der Waals surface area contributed by atoms with Gasteiger partial charge in [-0.05, 0) is 25.0 Å². The number of hydrogen-bond donors (Lipinski definition) is 1. The summed E-state index contributed by atoms with van der Waals surface area (Å²) in [5.41, 5.74) is 0.734. The van der Waals surface area contributed by atoms with Crippen LogP contribution in [0.3, 0.4) is 0 Å². The number of nitrogens with one attached hydrogen (secondary N) is 1. The lowest BCUT2D eigenvalue weighted by atomic mass is 10.0. The van der Waals surface area contributed by atoms with Gasteiger partial charge in [-0.1, -0.05) is 48.5 Å². The largest absolute Gasteiger partial charge is 0.417 e. The van der Waals surface area contributed by atoms with Crippen molar-refractivity contribution in [2.75, 3.05) is 5.32 Å². The molecule has 0 unspecified atom stereocenters. The van der Waals surface area contributed by atoms with Crippen molar-refractivity contribution < 1.29 is 18.0 Å². The van der Waals surface area contributed by atoms with Gasteiger partial charge in [0.25, 0.3) is 5.56 Å². The van der Waals surface area contributed by atoms with E-state index in [4.69, 9.17) is 0 Å². The Kier molecular flexibility index (Phi) is 5.57. The van der Waals surface area contributed by atoms with Gasteiger partial charge in [0, 0.05) is 24.4 Å². The minimum atomic E-state index is -4.77. The van der Waals surface area contributed by atoms with Gasteiger partial charge in [0.1, 0.15) is 17.9 Å². The molecule has 1 amide bonds. The predicted octanol–water partition coefficient (Wildman–Crippen LogP) is 4.68. The van der Waals surface area contributed by atoms with Crippen LogP contribution < -0.4 is 10.9 Å². The smallest absolute Gasteiger partial charge is 0.324 e. The lowest BCUT2D eigenvalue weighted by Gasteiger charge is -2.15. The summed E-state index contributed by atoms with van der Waals surface area (Å²) in [6, 6.07) is 14.5. The molecule has 0 radical (unpaired) electrons. The highest BCUT2D eigenvalue weighted by Crippen LogP contribution is 2.38. The number of rotatable bonds is 4. The van der Waals surface area contributed by atoms with Crippen LogP contribution in [-0.2, 0) is 24.6 Å². The number of para-hydroxylation sites is 1. The Morgan fingerprint density at radius 3 is 2.27 bits per heavy atom. The summed E-state index contributed by atoms with van der Waals surface area (Å²) >= 11 is 0. The van der Waals surface area contributed by atoms with E-state index in [1.165, 1.54) is 11.7 Å². The summed E-state index contributed by atoms with van der Waals surface area (Å²) < 4.78 is 44.0. The number of benzene rings is 2. The Morgan fingerprint density at radius 1 is 1.03 bits per heavy atom. The Morgan fingerprint density at radius 2 is 1.67 bits per heavy atom. The Labute approximate surface area is 187 Å². The third kappa shape index (κ3) is 4.13. The van der Waals surface area contributed by atoms with E-state index >= 15 is 0 Å². The molecule has 0 aliphatic carbocycles. The molecule has 2 aromatic carbocycles. The molecule has 0 fully saturated rings. The molecule has 0 bridgehead atoms. The monoisotopic (exact) mass is 454 g/mol. The van der Waals surface area contributed by atoms with Crippen LogP contribution in [-0.4, -0.2) is 20.3 Å². The van der Waals surface area contributed by atoms with Gasteiger partial charge in [0.05, 0.1) is 10.9 Å². The van der Waals surface area contributed by atoms with Gasteiger partial charge in [-0.15, -0.1) is 0 Å². The summed E-state index contributed by atoms with van der Waals surface area (Å²) in [6.07, 6.45) is -4.77. The molecule has 1 N–H and O–H groups in total. The molecule has 0 saturated carbocycles. The lowest BCUT2D eigenvalue weighted by Crippen LogP contribution is -2.30. The van der Waals surface area contributed by atoms with E-state index in [9.17, 15) is 22.8 Å². The number of anilines is 1. The SMILES string of the molecule is Cc1cccc(C)c1NC(=O)Cn1c(=O)cc(C(F)(F)F)c2c(-c3ccccc3)nn(C)c21. The van der Waals surface area contributed by atoms with Crippen molar-refractivity contribution in [1.29, 1.82) is 0 Å². The summed E-state index contributed by atoms with van der Waals surface area (Å²) in [4.78, 5) is 25.6. The highest BCUT2D eigenvalue weighted by molar-refractivity contribution is 5.96. The molecule has 0 aliphatic rings. The Hall–Kier alpha value is -3.88. The molecule has 2 heterocycles. The molecule has 0 spiro atoms. The Balaban J connectivity index is 1.88. The molecule has 170 valence electrons. The van der Waals surface area contributed by atoms with E-state index in [0.29, 0.717) is 17.3 Å². The molecule has 33 heavy (non-hydrogen) atoms. The van der Waals surface area contributed by atoms with Crippen molar-refractivity contribution >= 4 is 22.6 Å². The van der Waals surface area contributed by atoms with Crippen molar-refractivity contribution in [2.24, 2.45) is 7.05 Å². The molecular weight excluding hydrogens is 433 g/mol. The van der Waals surface area contributed by atoms with E-state index in [2.05, 4.69) is 10.4 Å². The number of amides is 1. The zero-order valence-electron chi connectivity index (χ0n) is 18.2. The maximum absolute atomic E-state index is 13.9. The number of pyridine rings is 1. The molecule has 0 saturated heterocycles. The predicted molar refractivity (Wildman–Crippen MR) is 120 cm³/mol. The van der Waals surface area contributed by atoms with Gasteiger partial charge in [0.2, 0.25) is 5.91 Å². The van der Waals surface area contributed by atoms with Crippen LogP contribution in [0.15, 0.2) is 59.4 Å². The quantitative estimate of drug-likeness (QED) is 0.487. The van der Waals surface area contributed by atoms with Crippen LogP contribution in [0, 0.1) is 13.8 Å². The standard InChI is InChI=1S/C24H21F3N4O2/c1-14-8-7-9-15(2)21(14)28-18(32)13-31-19(33)12-17(24(25,26)27)20-22(29-30(3)23(20)31)16-10-5-4-6-11-16/h4-12H,13H2,1-3H3,(H,28,32). The van der Waals surface area contributed by atoms with Crippen LogP contribution in [0.5, 0.6) is 0 Å². The zero-order valence-corrected chi connectivity index (χ0v) is 18.2. The van der Waals surface area contributed by atoms with Crippen molar-refractivity contribution in [2.45, 2.75) is 26.6 Å². The number of fused-ring (bicyclic) bond motifs is 1. The molecular formula is C24H21F3N4O2. The molecule has 9 heteroatoms. The summed E-state index contributed by atoms with van der Waals surface area (Å²) in [5, 5.41) is 6.83. The normalized spacial score (nSPS) is 11.7. The number of alkyl halides is 3. The maximum Gasteiger partial charge on any atom is 0.417 e. The van der Waals surface area contributed by atoms with Gasteiger partial charge in [-0.2, -0.15) is 18.3 Å². The molecule has 2 aromatic heterocycles. The number of carbonyl (C=O) groups is 1. The third-order valence-electron chi connectivity index (χ3n) is 5.48. The van der Waals surface area contributed by atoms with Crippen LogP contribution in [0.2, 0.25) is 0 Å². The van der Waals surface area contributed by atoms with Gasteiger partial charge in [-0.25, -0.2) is 0 Å². The summed E-state index contributed by atoms with van der Waals surface area (Å²) in [7, 11) is 1.45. The van der Waals surface area contributed by atoms with Gasteiger partial charge >= 0.3 is 6.18 Å². The molecule has 0 atom stereocenters. The van der Waals surface area contributed by atoms with Crippen molar-refractivity contribution in [3.63, 3.8) is 0 Å². The first-order valence-corrected chi connectivity index (χ1v) is 10.2. The van der Waals surface area contributed by atoms with E-state index in [1.54, 1.807) is 30.3 Å². The topological polar surface area (TPSA) is 68.9 Å². The van der Waals surface area contributed by atoms with E-state index in [0.717, 1.165) is 15.7 Å². The number of aryl methyl sites for hydroxylation is 3. The van der Waals surface area contributed by atoms with Crippen LogP contribution in [0.4, 0.5) is 18.9 Å². The molecule has 4 rings (SSSR count). The highest BCUT2D eigenvalue weighted by atomic mass is 19.4. The molecule has 4 aromatic rings. The molecule has 6 nitrogen and oxygen atoms in total. The summed E-state index contributed by atoms with van der Waals surface area (Å²) in [6.45, 7) is 3.20. The Bertz CT molecular complexity index is 1400. The van der Waals surface area contributed by atoms with Crippen molar-refractivity contribution in [3.8, 4) is 11.3 Å². The number of carbonyl (C=O) groups excluding carboxylic acids is 1. The third-order valence-corrected chi connectivity index (χ3v) is 5.48. The van der Waals surface area contributed by atoms with Gasteiger partial charge in [0.15, 0.2) is 0 Å². The second kappa shape index (κ2) is 8.23. The fourth-order valence-electron chi connectivity index (χ4n) is 3.96. The first kappa shape index (κ1) is 22.3. The van der Waals surface area contributed by atoms with Gasteiger partial charge < -0.3 is 5.32 Å². The lowest BCUT2D eigenvalue weighted by molar-refractivity contribution is -0.136. The minimum Gasteiger partial charge on any atom is -0.324 e. The fraction of sp³-hybridized carbons (Fsp3) is 0.208. The van der Waals surface area contributed by atoms with E-state index in [1.807, 2.05) is 32.0 Å². The number of nitrogens with zero attached hydrogens (tertiary/aromatic N) is 3. The first-order chi connectivity index (χ1) is 15.6. The minimum absolute atomic E-state index is 0.0784. The van der Waals surface area contributed by atoms with Crippen LogP contribution >= 0.6 is 0 Å². The number of hydrogen-bond acceptors (Lipinski definition) is 3. The summed E-state index contributed by atoms with van der Waals surface area (Å²) in [5.74, 6) is -0.530.